The monoisotopic (exact) mass is 233 g/mol. The third-order valence-corrected chi connectivity index (χ3v) is 3.88. The molecule has 0 spiro atoms. The van der Waals surface area contributed by atoms with E-state index in [0.29, 0.717) is 12.1 Å². The minimum atomic E-state index is 0.659. The zero-order valence-corrected chi connectivity index (χ0v) is 10.2. The summed E-state index contributed by atoms with van der Waals surface area (Å²) in [7, 11) is 1.77. The fraction of sp³-hybridized carbons (Fsp3) is 0.538. The van der Waals surface area contributed by atoms with Crippen LogP contribution in [0.25, 0.3) is 0 Å². The molecule has 3 heterocycles. The number of hydrogen-bond donors (Lipinski definition) is 1. The van der Waals surface area contributed by atoms with E-state index in [0.717, 1.165) is 25.5 Å². The van der Waals surface area contributed by atoms with E-state index in [1.54, 1.807) is 7.11 Å². The average molecular weight is 233 g/mol. The second-order valence-corrected chi connectivity index (χ2v) is 4.97. The van der Waals surface area contributed by atoms with Crippen LogP contribution in [-0.2, 0) is 4.74 Å². The van der Waals surface area contributed by atoms with Gasteiger partial charge < -0.3 is 15.4 Å². The van der Waals surface area contributed by atoms with Crippen molar-refractivity contribution in [1.29, 1.82) is 0 Å². The van der Waals surface area contributed by atoms with Gasteiger partial charge in [0.05, 0.1) is 6.73 Å². The first-order valence-corrected chi connectivity index (χ1v) is 6.13. The molecule has 17 heavy (non-hydrogen) atoms. The van der Waals surface area contributed by atoms with E-state index in [-0.39, 0.29) is 0 Å². The maximum atomic E-state index is 5.71. The maximum Gasteiger partial charge on any atom is 0.0992 e. The Morgan fingerprint density at radius 1 is 1.24 bits per heavy atom. The number of benzene rings is 1. The predicted octanol–water partition coefficient (Wildman–Crippen LogP) is 1.14. The van der Waals surface area contributed by atoms with Gasteiger partial charge in [-0.2, -0.15) is 0 Å². The number of piperazine rings is 1. The molecule has 2 bridgehead atoms. The van der Waals surface area contributed by atoms with Gasteiger partial charge >= 0.3 is 0 Å². The molecule has 3 aliphatic heterocycles. The van der Waals surface area contributed by atoms with Crippen molar-refractivity contribution in [2.45, 2.75) is 18.5 Å². The van der Waals surface area contributed by atoms with E-state index in [2.05, 4.69) is 21.9 Å². The molecule has 2 atom stereocenters. The van der Waals surface area contributed by atoms with E-state index in [9.17, 15) is 0 Å². The average Bonchev–Trinajstić information content (AvgIpc) is 2.37. The lowest BCUT2D eigenvalue weighted by Gasteiger charge is -2.56. The number of hydrogen-bond acceptors (Lipinski definition) is 4. The SMILES string of the molecule is COCN1C2CC1CN(c1ccc(N)cc1)C2. The van der Waals surface area contributed by atoms with Gasteiger partial charge in [0, 0.05) is 43.7 Å². The van der Waals surface area contributed by atoms with E-state index < -0.39 is 0 Å². The lowest BCUT2D eigenvalue weighted by atomic mass is 9.88. The molecule has 4 heteroatoms. The Morgan fingerprint density at radius 2 is 1.88 bits per heavy atom. The molecule has 3 aliphatic rings. The van der Waals surface area contributed by atoms with Crippen LogP contribution in [0.3, 0.4) is 0 Å². The van der Waals surface area contributed by atoms with Gasteiger partial charge in [-0.1, -0.05) is 0 Å². The fourth-order valence-corrected chi connectivity index (χ4v) is 2.94. The van der Waals surface area contributed by atoms with Crippen LogP contribution < -0.4 is 10.6 Å². The molecule has 2 unspecified atom stereocenters. The molecule has 1 aromatic carbocycles. The van der Waals surface area contributed by atoms with Crippen LogP contribution in [0.4, 0.5) is 11.4 Å². The largest absolute Gasteiger partial charge is 0.399 e. The van der Waals surface area contributed by atoms with E-state index in [1.807, 2.05) is 12.1 Å². The van der Waals surface area contributed by atoms with Gasteiger partial charge in [0.2, 0.25) is 0 Å². The van der Waals surface area contributed by atoms with E-state index >= 15 is 0 Å². The first-order valence-electron chi connectivity index (χ1n) is 6.13. The molecule has 0 amide bonds. The molecule has 3 fully saturated rings. The molecule has 4 nitrogen and oxygen atoms in total. The van der Waals surface area contributed by atoms with Gasteiger partial charge in [0.1, 0.15) is 0 Å². The number of nitrogens with two attached hydrogens (primary N) is 1. The summed E-state index contributed by atoms with van der Waals surface area (Å²) in [6, 6.07) is 9.49. The first kappa shape index (κ1) is 10.9. The highest BCUT2D eigenvalue weighted by molar-refractivity contribution is 5.54. The number of piperidine rings is 1. The van der Waals surface area contributed by atoms with Crippen LogP contribution in [0.1, 0.15) is 6.42 Å². The Balaban J connectivity index is 1.67. The highest BCUT2D eigenvalue weighted by Gasteiger charge is 2.44. The van der Waals surface area contributed by atoms with Crippen molar-refractivity contribution < 1.29 is 4.74 Å². The lowest BCUT2D eigenvalue weighted by Crippen LogP contribution is -2.69. The number of nitrogen functional groups attached to an aromatic ring is 1. The third-order valence-electron chi connectivity index (χ3n) is 3.88. The summed E-state index contributed by atoms with van der Waals surface area (Å²) < 4.78 is 5.23. The molecular weight excluding hydrogens is 214 g/mol. The number of methoxy groups -OCH3 is 1. The topological polar surface area (TPSA) is 41.7 Å². The first-order chi connectivity index (χ1) is 8.28. The Kier molecular flexibility index (Phi) is 2.68. The van der Waals surface area contributed by atoms with E-state index in [1.165, 1.54) is 12.1 Å². The van der Waals surface area contributed by atoms with Crippen LogP contribution >= 0.6 is 0 Å². The quantitative estimate of drug-likeness (QED) is 0.795. The molecule has 0 aromatic heterocycles. The molecule has 1 aromatic rings. The van der Waals surface area contributed by atoms with Crippen molar-refractivity contribution in [2.24, 2.45) is 0 Å². The van der Waals surface area contributed by atoms with Crippen molar-refractivity contribution in [2.75, 3.05) is 37.6 Å². The van der Waals surface area contributed by atoms with Gasteiger partial charge in [0.15, 0.2) is 0 Å². The van der Waals surface area contributed by atoms with Crippen molar-refractivity contribution in [3.05, 3.63) is 24.3 Å². The molecule has 92 valence electrons. The van der Waals surface area contributed by atoms with Crippen molar-refractivity contribution in [1.82, 2.24) is 4.90 Å². The Labute approximate surface area is 102 Å². The maximum absolute atomic E-state index is 5.71. The third kappa shape index (κ3) is 1.87. The van der Waals surface area contributed by atoms with Crippen molar-refractivity contribution >= 4 is 11.4 Å². The second-order valence-electron chi connectivity index (χ2n) is 4.97. The van der Waals surface area contributed by atoms with Crippen LogP contribution in [0.5, 0.6) is 0 Å². The number of nitrogens with zero attached hydrogens (tertiary/aromatic N) is 2. The Hall–Kier alpha value is -1.26. The lowest BCUT2D eigenvalue weighted by molar-refractivity contribution is -0.0764. The number of rotatable bonds is 3. The summed E-state index contributed by atoms with van der Waals surface area (Å²) in [6.45, 7) is 2.97. The fourth-order valence-electron chi connectivity index (χ4n) is 2.94. The molecule has 3 saturated heterocycles. The van der Waals surface area contributed by atoms with Crippen molar-refractivity contribution in [3.8, 4) is 0 Å². The van der Waals surface area contributed by atoms with Crippen molar-refractivity contribution in [3.63, 3.8) is 0 Å². The van der Waals surface area contributed by atoms with Gasteiger partial charge in [-0.15, -0.1) is 0 Å². The van der Waals surface area contributed by atoms with Gasteiger partial charge in [-0.05, 0) is 30.7 Å². The zero-order chi connectivity index (χ0) is 11.8. The minimum absolute atomic E-state index is 0.659. The van der Waals surface area contributed by atoms with Gasteiger partial charge in [-0.25, -0.2) is 0 Å². The van der Waals surface area contributed by atoms with Crippen LogP contribution in [-0.4, -0.2) is 43.9 Å². The van der Waals surface area contributed by atoms with Crippen LogP contribution in [0.2, 0.25) is 0 Å². The number of ether oxygens (including phenoxy) is 1. The highest BCUT2D eigenvalue weighted by Crippen LogP contribution is 2.34. The Bertz CT molecular complexity index is 380. The summed E-state index contributed by atoms with van der Waals surface area (Å²) in [5.74, 6) is 0. The van der Waals surface area contributed by atoms with Gasteiger partial charge in [-0.3, -0.25) is 4.90 Å². The van der Waals surface area contributed by atoms with Crippen LogP contribution in [0, 0.1) is 0 Å². The molecular formula is C13H19N3O. The smallest absolute Gasteiger partial charge is 0.0992 e. The predicted molar refractivity (Wildman–Crippen MR) is 69.0 cm³/mol. The van der Waals surface area contributed by atoms with Crippen LogP contribution in [0.15, 0.2) is 24.3 Å². The zero-order valence-electron chi connectivity index (χ0n) is 10.2. The molecule has 0 saturated carbocycles. The number of fused-ring (bicyclic) bond motifs is 2. The summed E-state index contributed by atoms with van der Waals surface area (Å²) in [4.78, 5) is 4.90. The minimum Gasteiger partial charge on any atom is -0.399 e. The molecule has 2 N–H and O–H groups in total. The van der Waals surface area contributed by atoms with E-state index in [4.69, 9.17) is 10.5 Å². The standard InChI is InChI=1S/C13H19N3O/c1-17-9-16-12-6-13(16)8-15(7-12)11-4-2-10(14)3-5-11/h2-5,12-13H,6-9,14H2,1H3. The normalized spacial score (nSPS) is 27.9. The summed E-state index contributed by atoms with van der Waals surface area (Å²) in [5.41, 5.74) is 7.82. The van der Waals surface area contributed by atoms with Gasteiger partial charge in [0.25, 0.3) is 0 Å². The summed E-state index contributed by atoms with van der Waals surface area (Å²) >= 11 is 0. The number of anilines is 2. The highest BCUT2D eigenvalue weighted by atomic mass is 16.5. The molecule has 0 radical (unpaired) electrons. The molecule has 4 rings (SSSR count). The molecule has 0 aliphatic carbocycles. The second kappa shape index (κ2) is 4.20. The summed E-state index contributed by atoms with van der Waals surface area (Å²) in [6.07, 6.45) is 1.31. The Morgan fingerprint density at radius 3 is 2.47 bits per heavy atom. The summed E-state index contributed by atoms with van der Waals surface area (Å²) in [5, 5.41) is 0.